The third-order valence-corrected chi connectivity index (χ3v) is 8.21. The van der Waals surface area contributed by atoms with Gasteiger partial charge in [-0.15, -0.1) is 11.3 Å². The maximum Gasteiger partial charge on any atom is 0.229 e. The Kier molecular flexibility index (Phi) is 6.84. The van der Waals surface area contributed by atoms with Gasteiger partial charge in [-0.05, 0) is 48.7 Å². The van der Waals surface area contributed by atoms with Gasteiger partial charge in [0.25, 0.3) is 0 Å². The molecule has 2 aromatic carbocycles. The molecule has 3 aromatic rings. The van der Waals surface area contributed by atoms with Crippen molar-refractivity contribution in [1.82, 2.24) is 4.90 Å². The Morgan fingerprint density at radius 2 is 1.97 bits per heavy atom. The molecule has 0 saturated carbocycles. The lowest BCUT2D eigenvalue weighted by atomic mass is 9.99. The van der Waals surface area contributed by atoms with E-state index in [0.29, 0.717) is 29.2 Å². The number of carbonyl (C=O) groups is 1. The first-order chi connectivity index (χ1) is 16.1. The Balaban J connectivity index is 1.48. The van der Waals surface area contributed by atoms with Crippen molar-refractivity contribution in [2.45, 2.75) is 43.8 Å². The van der Waals surface area contributed by atoms with E-state index in [4.69, 9.17) is 0 Å². The highest BCUT2D eigenvalue weighted by Crippen LogP contribution is 2.38. The first-order valence-electron chi connectivity index (χ1n) is 10.8. The minimum atomic E-state index is -3.30. The van der Waals surface area contributed by atoms with Crippen LogP contribution in [0.25, 0.3) is 0 Å². The fourth-order valence-electron chi connectivity index (χ4n) is 4.10. The van der Waals surface area contributed by atoms with Crippen molar-refractivity contribution in [3.63, 3.8) is 0 Å². The first kappa shape index (κ1) is 24.1. The van der Waals surface area contributed by atoms with E-state index >= 15 is 0 Å². The third kappa shape index (κ3) is 5.36. The Morgan fingerprint density at radius 1 is 1.24 bits per heavy atom. The molecule has 0 radical (unpaired) electrons. The van der Waals surface area contributed by atoms with Crippen LogP contribution >= 0.6 is 11.3 Å². The molecule has 1 amide bonds. The van der Waals surface area contributed by atoms with E-state index in [1.807, 2.05) is 6.07 Å². The number of nitrogens with one attached hydrogen (secondary N) is 1. The summed E-state index contributed by atoms with van der Waals surface area (Å²) in [7, 11) is -3.30. The third-order valence-electron chi connectivity index (χ3n) is 5.91. The number of nitriles is 1. The molecule has 1 aromatic heterocycles. The summed E-state index contributed by atoms with van der Waals surface area (Å²) in [5.41, 5.74) is 2.94. The SMILES string of the molecule is CC1Cc2sc(NC(=O)Cc3ccc(S(C)(=O)=O)cc3)c(C#N)c2CN1Cc1cccc(F)c1. The van der Waals surface area contributed by atoms with Gasteiger partial charge in [0.15, 0.2) is 9.84 Å². The number of sulfone groups is 1. The molecule has 0 saturated heterocycles. The number of anilines is 1. The molecule has 9 heteroatoms. The summed E-state index contributed by atoms with van der Waals surface area (Å²) >= 11 is 1.43. The molecule has 4 rings (SSSR count). The average molecular weight is 498 g/mol. The van der Waals surface area contributed by atoms with Crippen LogP contribution in [0.15, 0.2) is 53.4 Å². The predicted octanol–water partition coefficient (Wildman–Crippen LogP) is 4.29. The predicted molar refractivity (Wildman–Crippen MR) is 130 cm³/mol. The molecule has 1 unspecified atom stereocenters. The monoisotopic (exact) mass is 497 g/mol. The van der Waals surface area contributed by atoms with Crippen LogP contribution in [-0.2, 0) is 40.6 Å². The van der Waals surface area contributed by atoms with E-state index in [-0.39, 0.29) is 29.1 Å². The van der Waals surface area contributed by atoms with Crippen molar-refractivity contribution in [1.29, 1.82) is 5.26 Å². The van der Waals surface area contributed by atoms with Crippen molar-refractivity contribution < 1.29 is 17.6 Å². The molecular weight excluding hydrogens is 473 g/mol. The Morgan fingerprint density at radius 3 is 2.62 bits per heavy atom. The van der Waals surface area contributed by atoms with Gasteiger partial charge < -0.3 is 5.32 Å². The first-order valence-corrected chi connectivity index (χ1v) is 13.5. The molecule has 1 N–H and O–H groups in total. The van der Waals surface area contributed by atoms with Crippen LogP contribution in [-0.4, -0.2) is 31.5 Å². The Labute approximate surface area is 202 Å². The number of carbonyl (C=O) groups excluding carboxylic acids is 1. The van der Waals surface area contributed by atoms with Gasteiger partial charge in [-0.25, -0.2) is 12.8 Å². The van der Waals surface area contributed by atoms with Crippen molar-refractivity contribution in [3.8, 4) is 6.07 Å². The number of nitrogens with zero attached hydrogens (tertiary/aromatic N) is 2. The number of thiophene rings is 1. The van der Waals surface area contributed by atoms with Gasteiger partial charge in [-0.1, -0.05) is 24.3 Å². The lowest BCUT2D eigenvalue weighted by Crippen LogP contribution is -2.37. The highest BCUT2D eigenvalue weighted by atomic mass is 32.2. The molecule has 0 bridgehead atoms. The molecule has 34 heavy (non-hydrogen) atoms. The maximum atomic E-state index is 13.6. The van der Waals surface area contributed by atoms with Crippen LogP contribution in [0.4, 0.5) is 9.39 Å². The van der Waals surface area contributed by atoms with Crippen molar-refractivity contribution in [2.75, 3.05) is 11.6 Å². The van der Waals surface area contributed by atoms with Crippen molar-refractivity contribution >= 4 is 32.1 Å². The average Bonchev–Trinajstić information content (AvgIpc) is 3.09. The van der Waals surface area contributed by atoms with E-state index in [1.54, 1.807) is 18.2 Å². The number of halogens is 1. The van der Waals surface area contributed by atoms with Crippen molar-refractivity contribution in [3.05, 3.63) is 81.5 Å². The largest absolute Gasteiger partial charge is 0.316 e. The second-order valence-electron chi connectivity index (χ2n) is 8.55. The highest BCUT2D eigenvalue weighted by molar-refractivity contribution is 7.90. The number of hydrogen-bond donors (Lipinski definition) is 1. The molecule has 1 aliphatic rings. The molecule has 1 atom stereocenters. The second-order valence-corrected chi connectivity index (χ2v) is 11.7. The summed E-state index contributed by atoms with van der Waals surface area (Å²) in [6, 6.07) is 15.2. The summed E-state index contributed by atoms with van der Waals surface area (Å²) in [5, 5.41) is 13.2. The number of fused-ring (bicyclic) bond motifs is 1. The summed E-state index contributed by atoms with van der Waals surface area (Å²) in [6.45, 7) is 3.23. The molecule has 2 heterocycles. The standard InChI is InChI=1S/C25H24FN3O3S2/c1-16-10-23-22(15-29(16)14-18-4-3-5-19(26)11-18)21(13-27)25(33-23)28-24(30)12-17-6-8-20(9-7-17)34(2,31)32/h3-9,11,16H,10,12,14-15H2,1-2H3,(H,28,30). The van der Waals surface area contributed by atoms with Crippen LogP contribution < -0.4 is 5.32 Å². The summed E-state index contributed by atoms with van der Waals surface area (Å²) in [5.74, 6) is -0.543. The number of rotatable bonds is 6. The number of amides is 1. The van der Waals surface area contributed by atoms with Gasteiger partial charge in [-0.3, -0.25) is 9.69 Å². The van der Waals surface area contributed by atoms with Gasteiger partial charge in [0.05, 0.1) is 16.9 Å². The zero-order valence-electron chi connectivity index (χ0n) is 18.8. The highest BCUT2D eigenvalue weighted by Gasteiger charge is 2.29. The lowest BCUT2D eigenvalue weighted by Gasteiger charge is -2.33. The van der Waals surface area contributed by atoms with E-state index in [2.05, 4.69) is 23.2 Å². The topological polar surface area (TPSA) is 90.3 Å². The molecule has 6 nitrogen and oxygen atoms in total. The minimum Gasteiger partial charge on any atom is -0.316 e. The van der Waals surface area contributed by atoms with Crippen LogP contribution in [0, 0.1) is 17.1 Å². The lowest BCUT2D eigenvalue weighted by molar-refractivity contribution is -0.115. The van der Waals surface area contributed by atoms with Crippen LogP contribution in [0.3, 0.4) is 0 Å². The van der Waals surface area contributed by atoms with Crippen LogP contribution in [0.5, 0.6) is 0 Å². The quantitative estimate of drug-likeness (QED) is 0.549. The van der Waals surface area contributed by atoms with Gasteiger partial charge in [0.1, 0.15) is 16.9 Å². The minimum absolute atomic E-state index is 0.0690. The van der Waals surface area contributed by atoms with Gasteiger partial charge in [0.2, 0.25) is 5.91 Å². The molecular formula is C25H24FN3O3S2. The molecule has 0 spiro atoms. The van der Waals surface area contributed by atoms with E-state index in [1.165, 1.54) is 35.6 Å². The van der Waals surface area contributed by atoms with E-state index in [9.17, 15) is 22.9 Å². The summed E-state index contributed by atoms with van der Waals surface area (Å²) < 4.78 is 36.8. The summed E-state index contributed by atoms with van der Waals surface area (Å²) in [6.07, 6.45) is 1.95. The van der Waals surface area contributed by atoms with Gasteiger partial charge in [-0.2, -0.15) is 5.26 Å². The van der Waals surface area contributed by atoms with E-state index in [0.717, 1.165) is 28.7 Å². The van der Waals surface area contributed by atoms with Crippen molar-refractivity contribution in [2.24, 2.45) is 0 Å². The zero-order chi connectivity index (χ0) is 24.5. The van der Waals surface area contributed by atoms with Crippen LogP contribution in [0.2, 0.25) is 0 Å². The smallest absolute Gasteiger partial charge is 0.229 e. The van der Waals surface area contributed by atoms with Gasteiger partial charge >= 0.3 is 0 Å². The Hall–Kier alpha value is -3.06. The fourth-order valence-corrected chi connectivity index (χ4v) is 6.03. The fraction of sp³-hybridized carbons (Fsp3) is 0.280. The van der Waals surface area contributed by atoms with E-state index < -0.39 is 9.84 Å². The molecule has 0 fully saturated rings. The molecule has 0 aliphatic carbocycles. The maximum absolute atomic E-state index is 13.6. The second kappa shape index (κ2) is 9.66. The van der Waals surface area contributed by atoms with Crippen LogP contribution in [0.1, 0.15) is 34.1 Å². The Bertz CT molecular complexity index is 1380. The van der Waals surface area contributed by atoms with Gasteiger partial charge in [0, 0.05) is 35.8 Å². The number of hydrogen-bond acceptors (Lipinski definition) is 6. The normalized spacial score (nSPS) is 16.0. The zero-order valence-corrected chi connectivity index (χ0v) is 20.5. The summed E-state index contributed by atoms with van der Waals surface area (Å²) in [4.78, 5) is 16.2. The molecule has 176 valence electrons. The number of benzene rings is 2. The molecule has 1 aliphatic heterocycles.